The highest BCUT2D eigenvalue weighted by Crippen LogP contribution is 2.29. The third kappa shape index (κ3) is 5.65. The van der Waals surface area contributed by atoms with Crippen molar-refractivity contribution in [2.75, 3.05) is 39.7 Å². The summed E-state index contributed by atoms with van der Waals surface area (Å²) in [5, 5.41) is 12.7. The molecule has 4 rings (SSSR count). The van der Waals surface area contributed by atoms with Crippen molar-refractivity contribution in [2.24, 2.45) is 0 Å². The maximum Gasteiger partial charge on any atom is 0.255 e. The quantitative estimate of drug-likeness (QED) is 0.549. The highest BCUT2D eigenvalue weighted by molar-refractivity contribution is 5.94. The van der Waals surface area contributed by atoms with Gasteiger partial charge in [0.2, 0.25) is 5.95 Å². The number of pyridine rings is 1. The number of carbonyl (C=O) groups is 1. The Morgan fingerprint density at radius 1 is 1.17 bits per heavy atom. The van der Waals surface area contributed by atoms with E-state index >= 15 is 0 Å². The number of hydrogen-bond acceptors (Lipinski definition) is 9. The van der Waals surface area contributed by atoms with Crippen LogP contribution in [0.3, 0.4) is 0 Å². The first-order chi connectivity index (χ1) is 17.0. The molecule has 10 heteroatoms. The Bertz CT molecular complexity index is 1250. The van der Waals surface area contributed by atoms with Gasteiger partial charge in [0.05, 0.1) is 37.1 Å². The number of ether oxygens (including phenoxy) is 3. The molecule has 0 radical (unpaired) electrons. The van der Waals surface area contributed by atoms with E-state index in [1.54, 1.807) is 44.6 Å². The molecule has 0 aliphatic carbocycles. The average molecular weight is 475 g/mol. The standard InChI is InChI=1S/C25H26N6O4/c1-31(2)24(32)18-13-22(33-3)23(28-15-18)30-25-27-9-6-20(29-25)16-4-5-21(17(12-16)14-26)35-19-7-10-34-11-8-19/h4-6,9,12-13,15,19H,7-8,10-11H2,1-3H3,(H,27,28,29,30). The van der Waals surface area contributed by atoms with Crippen molar-refractivity contribution in [3.05, 3.63) is 53.9 Å². The maximum absolute atomic E-state index is 12.2. The molecule has 35 heavy (non-hydrogen) atoms. The minimum Gasteiger partial charge on any atom is -0.493 e. The van der Waals surface area contributed by atoms with Crippen LogP contribution in [-0.4, -0.2) is 66.3 Å². The number of hydrogen-bond donors (Lipinski definition) is 1. The van der Waals surface area contributed by atoms with Gasteiger partial charge < -0.3 is 24.4 Å². The molecule has 0 saturated carbocycles. The van der Waals surface area contributed by atoms with Gasteiger partial charge in [-0.3, -0.25) is 4.79 Å². The summed E-state index contributed by atoms with van der Waals surface area (Å²) in [4.78, 5) is 26.8. The molecule has 1 aliphatic rings. The van der Waals surface area contributed by atoms with E-state index in [0.717, 1.165) is 18.4 Å². The Labute approximate surface area is 203 Å². The zero-order valence-electron chi connectivity index (χ0n) is 19.8. The summed E-state index contributed by atoms with van der Waals surface area (Å²) in [5.41, 5.74) is 2.21. The summed E-state index contributed by atoms with van der Waals surface area (Å²) in [5.74, 6) is 1.42. The van der Waals surface area contributed by atoms with Crippen LogP contribution < -0.4 is 14.8 Å². The topological polar surface area (TPSA) is 122 Å². The Kier molecular flexibility index (Phi) is 7.38. The van der Waals surface area contributed by atoms with Crippen LogP contribution in [0.5, 0.6) is 11.5 Å². The van der Waals surface area contributed by atoms with Gasteiger partial charge in [-0.05, 0) is 30.3 Å². The van der Waals surface area contributed by atoms with Crippen molar-refractivity contribution >= 4 is 17.7 Å². The van der Waals surface area contributed by atoms with E-state index in [1.807, 2.05) is 6.07 Å². The Hall–Kier alpha value is -4.23. The maximum atomic E-state index is 12.2. The van der Waals surface area contributed by atoms with Crippen LogP contribution >= 0.6 is 0 Å². The van der Waals surface area contributed by atoms with E-state index in [9.17, 15) is 10.1 Å². The molecule has 1 amide bonds. The van der Waals surface area contributed by atoms with Crippen LogP contribution in [-0.2, 0) is 4.74 Å². The number of nitrogens with zero attached hydrogens (tertiary/aromatic N) is 5. The van der Waals surface area contributed by atoms with Gasteiger partial charge >= 0.3 is 0 Å². The summed E-state index contributed by atoms with van der Waals surface area (Å²) in [6.07, 6.45) is 4.72. The lowest BCUT2D eigenvalue weighted by atomic mass is 10.1. The van der Waals surface area contributed by atoms with Crippen molar-refractivity contribution in [2.45, 2.75) is 18.9 Å². The fourth-order valence-electron chi connectivity index (χ4n) is 3.61. The largest absolute Gasteiger partial charge is 0.493 e. The van der Waals surface area contributed by atoms with Crippen LogP contribution in [0.1, 0.15) is 28.8 Å². The Morgan fingerprint density at radius 2 is 1.97 bits per heavy atom. The molecule has 1 N–H and O–H groups in total. The minimum absolute atomic E-state index is 0.0402. The van der Waals surface area contributed by atoms with Crippen molar-refractivity contribution in [3.63, 3.8) is 0 Å². The molecular weight excluding hydrogens is 448 g/mol. The van der Waals surface area contributed by atoms with Gasteiger partial charge in [-0.15, -0.1) is 0 Å². The van der Waals surface area contributed by atoms with Crippen molar-refractivity contribution < 1.29 is 19.0 Å². The van der Waals surface area contributed by atoms with Crippen LogP contribution in [0.4, 0.5) is 11.8 Å². The molecule has 180 valence electrons. The van der Waals surface area contributed by atoms with Gasteiger partial charge in [0.1, 0.15) is 17.9 Å². The second kappa shape index (κ2) is 10.8. The highest BCUT2D eigenvalue weighted by Gasteiger charge is 2.18. The lowest BCUT2D eigenvalue weighted by molar-refractivity contribution is 0.0254. The smallest absolute Gasteiger partial charge is 0.255 e. The minimum atomic E-state index is -0.182. The number of benzene rings is 1. The van der Waals surface area contributed by atoms with Crippen LogP contribution in [0.25, 0.3) is 11.3 Å². The summed E-state index contributed by atoms with van der Waals surface area (Å²) in [7, 11) is 4.83. The predicted molar refractivity (Wildman–Crippen MR) is 129 cm³/mol. The number of methoxy groups -OCH3 is 1. The van der Waals surface area contributed by atoms with Crippen LogP contribution in [0.2, 0.25) is 0 Å². The number of carbonyl (C=O) groups excluding carboxylic acids is 1. The second-order valence-electron chi connectivity index (χ2n) is 8.12. The third-order valence-corrected chi connectivity index (χ3v) is 5.47. The Balaban J connectivity index is 1.55. The molecular formula is C25H26N6O4. The molecule has 1 aliphatic heterocycles. The number of anilines is 2. The van der Waals surface area contributed by atoms with Crippen LogP contribution in [0.15, 0.2) is 42.7 Å². The van der Waals surface area contributed by atoms with Gasteiger partial charge in [-0.1, -0.05) is 0 Å². The highest BCUT2D eigenvalue weighted by atomic mass is 16.5. The van der Waals surface area contributed by atoms with E-state index in [1.165, 1.54) is 18.2 Å². The number of aromatic nitrogens is 3. The molecule has 3 aromatic rings. The lowest BCUT2D eigenvalue weighted by Crippen LogP contribution is -2.26. The molecule has 0 unspecified atom stereocenters. The molecule has 0 spiro atoms. The first-order valence-electron chi connectivity index (χ1n) is 11.1. The second-order valence-corrected chi connectivity index (χ2v) is 8.12. The van der Waals surface area contributed by atoms with Crippen LogP contribution in [0, 0.1) is 11.3 Å². The summed E-state index contributed by atoms with van der Waals surface area (Å²) >= 11 is 0. The summed E-state index contributed by atoms with van der Waals surface area (Å²) < 4.78 is 16.8. The SMILES string of the molecule is COc1cc(C(=O)N(C)C)cnc1Nc1nccc(-c2ccc(OC3CCOCC3)c(C#N)c2)n1. The molecule has 3 heterocycles. The zero-order valence-corrected chi connectivity index (χ0v) is 19.8. The van der Waals surface area contributed by atoms with Crippen molar-refractivity contribution in [1.82, 2.24) is 19.9 Å². The Morgan fingerprint density at radius 3 is 2.69 bits per heavy atom. The molecule has 0 atom stereocenters. The van der Waals surface area contributed by atoms with Gasteiger partial charge in [-0.25, -0.2) is 15.0 Å². The first kappa shape index (κ1) is 23.9. The predicted octanol–water partition coefficient (Wildman–Crippen LogP) is 3.42. The molecule has 1 fully saturated rings. The number of nitrogens with one attached hydrogen (secondary N) is 1. The molecule has 2 aromatic heterocycles. The third-order valence-electron chi connectivity index (χ3n) is 5.47. The van der Waals surface area contributed by atoms with Crippen molar-refractivity contribution in [1.29, 1.82) is 5.26 Å². The number of rotatable bonds is 7. The molecule has 10 nitrogen and oxygen atoms in total. The normalized spacial score (nSPS) is 13.5. The number of amides is 1. The zero-order chi connectivity index (χ0) is 24.8. The first-order valence-corrected chi connectivity index (χ1v) is 11.1. The fraction of sp³-hybridized carbons (Fsp3) is 0.320. The van der Waals surface area contributed by atoms with E-state index in [4.69, 9.17) is 14.2 Å². The van der Waals surface area contributed by atoms with E-state index < -0.39 is 0 Å². The number of nitriles is 1. The van der Waals surface area contributed by atoms with E-state index in [-0.39, 0.29) is 12.0 Å². The van der Waals surface area contributed by atoms with Gasteiger partial charge in [0, 0.05) is 44.9 Å². The van der Waals surface area contributed by atoms with Crippen molar-refractivity contribution in [3.8, 4) is 28.8 Å². The van der Waals surface area contributed by atoms with Gasteiger partial charge in [0.15, 0.2) is 11.6 Å². The molecule has 1 aromatic carbocycles. The van der Waals surface area contributed by atoms with E-state index in [0.29, 0.717) is 53.3 Å². The average Bonchev–Trinajstić information content (AvgIpc) is 2.89. The summed E-state index contributed by atoms with van der Waals surface area (Å²) in [6.45, 7) is 1.32. The molecule has 0 bridgehead atoms. The summed E-state index contributed by atoms with van der Waals surface area (Å²) in [6, 6.07) is 11.0. The monoisotopic (exact) mass is 474 g/mol. The van der Waals surface area contributed by atoms with Gasteiger partial charge in [-0.2, -0.15) is 5.26 Å². The fourth-order valence-corrected chi connectivity index (χ4v) is 3.61. The van der Waals surface area contributed by atoms with E-state index in [2.05, 4.69) is 26.3 Å². The lowest BCUT2D eigenvalue weighted by Gasteiger charge is -2.23. The molecule has 1 saturated heterocycles. The van der Waals surface area contributed by atoms with Gasteiger partial charge in [0.25, 0.3) is 5.91 Å².